The van der Waals surface area contributed by atoms with Crippen LogP contribution in [0, 0.1) is 42.4 Å². The predicted octanol–water partition coefficient (Wildman–Crippen LogP) is 15.8. The number of benzene rings is 2. The van der Waals surface area contributed by atoms with Gasteiger partial charge < -0.3 is 10.6 Å². The zero-order valence-corrected chi connectivity index (χ0v) is 44.0. The van der Waals surface area contributed by atoms with Crippen LogP contribution in [0.15, 0.2) is 169 Å². The molecule has 2 aromatic carbocycles. The van der Waals surface area contributed by atoms with Crippen LogP contribution in [-0.2, 0) is 6.42 Å². The molecule has 4 aliphatic carbocycles. The molecule has 4 nitrogen and oxygen atoms in total. The van der Waals surface area contributed by atoms with E-state index in [1.807, 2.05) is 32.0 Å². The quantitative estimate of drug-likeness (QED) is 0.0330. The lowest BCUT2D eigenvalue weighted by atomic mass is 9.74. The molecule has 1 aliphatic heterocycles. The molecule has 0 amide bonds. The van der Waals surface area contributed by atoms with Crippen LogP contribution < -0.4 is 21.9 Å². The fourth-order valence-electron chi connectivity index (χ4n) is 10.8. The summed E-state index contributed by atoms with van der Waals surface area (Å²) in [4.78, 5) is 0. The summed E-state index contributed by atoms with van der Waals surface area (Å²) in [5, 5.41) is 8.72. The molecule has 369 valence electrons. The number of unbranched alkanes of at least 4 members (excludes halogenated alkanes) is 1. The standard InChI is InChI=1S/C54H77N4S.C7H8.C2H6/c1-4-19-43(38-49(58-55)39-44-21-7-5-8-22-44)24-17-35-56-52-41-46(30-32-50(52)47-26-11-12-27-47)23-13-15-34-54(3,48-28-9-6-10-29-48)57-36-18-25-45-31-33-53-51(40-45)42(2)20-14-16-37-59-53;1-7-5-3-2-4-6-7;1-2/h5,7-9,11,14,17-22,24,26-28,30,32,36,41-42,45-46,48-49,51,53,56-58H,4,6,10,12-13,15-16,23,25,29,31,33-35,37-40,55H2,1-3H3;2-6H,1H3;1-2H3/b20-14-,24-17-,36-18-,43-19+;;/t42-,45-,46+,48-,49?,51?,53+,54?;;/m1../s1. The molecule has 0 spiro atoms. The van der Waals surface area contributed by atoms with Crippen LogP contribution in [0.4, 0.5) is 0 Å². The number of allylic oxidation sites excluding steroid dienone is 12. The SMILES string of the molecule is CC.CC/C=C(\C=C/CNC1=C[C@@H](CCCCC(C)(N/C=C\C[C@@H]2CC[C@@H]3SCC/C=C\[C@@H](C)C3C2)[C@@H]2C=CCCC2)C=C[C]1C1=CCC=C1)CC(Cc1ccccc1)NN.Cc1ccccc1. The highest BCUT2D eigenvalue weighted by molar-refractivity contribution is 7.99. The summed E-state index contributed by atoms with van der Waals surface area (Å²) in [5.41, 5.74) is 9.71. The molecule has 8 atom stereocenters. The Morgan fingerprint density at radius 2 is 1.71 bits per heavy atom. The Balaban J connectivity index is 0.000000869. The van der Waals surface area contributed by atoms with Crippen molar-refractivity contribution < 1.29 is 0 Å². The van der Waals surface area contributed by atoms with E-state index in [0.29, 0.717) is 11.8 Å². The highest BCUT2D eigenvalue weighted by atomic mass is 32.2. The second-order valence-corrected chi connectivity index (χ2v) is 21.3. The summed E-state index contributed by atoms with van der Waals surface area (Å²) < 4.78 is 0. The first kappa shape index (κ1) is 54.9. The van der Waals surface area contributed by atoms with Crippen molar-refractivity contribution in [2.75, 3.05) is 12.3 Å². The van der Waals surface area contributed by atoms with Crippen LogP contribution in [0.1, 0.15) is 142 Å². The summed E-state index contributed by atoms with van der Waals surface area (Å²) >= 11 is 2.25. The van der Waals surface area contributed by atoms with E-state index in [1.54, 1.807) is 0 Å². The van der Waals surface area contributed by atoms with E-state index in [2.05, 4.69) is 189 Å². The van der Waals surface area contributed by atoms with E-state index in [-0.39, 0.29) is 11.6 Å². The average Bonchev–Trinajstić information content (AvgIpc) is 3.92. The predicted molar refractivity (Wildman–Crippen MR) is 300 cm³/mol. The van der Waals surface area contributed by atoms with Crippen molar-refractivity contribution in [2.45, 2.75) is 161 Å². The van der Waals surface area contributed by atoms with Crippen LogP contribution in [0.5, 0.6) is 0 Å². The molecule has 7 rings (SSSR count). The maximum absolute atomic E-state index is 6.03. The van der Waals surface area contributed by atoms with Gasteiger partial charge in [0.05, 0.1) is 5.92 Å². The number of rotatable bonds is 21. The van der Waals surface area contributed by atoms with Gasteiger partial charge in [-0.15, -0.1) is 0 Å². The minimum atomic E-state index is 0.0902. The molecule has 1 heterocycles. The zero-order chi connectivity index (χ0) is 48.2. The Kier molecular flexibility index (Phi) is 25.2. The van der Waals surface area contributed by atoms with Crippen molar-refractivity contribution >= 4 is 11.8 Å². The molecule has 5 aliphatic rings. The maximum atomic E-state index is 6.03. The Morgan fingerprint density at radius 3 is 2.41 bits per heavy atom. The minimum absolute atomic E-state index is 0.0902. The van der Waals surface area contributed by atoms with E-state index in [1.165, 1.54) is 117 Å². The minimum Gasteiger partial charge on any atom is -0.385 e. The molecule has 0 saturated heterocycles. The summed E-state index contributed by atoms with van der Waals surface area (Å²) in [7, 11) is 0. The number of hydrogen-bond acceptors (Lipinski definition) is 5. The third-order valence-electron chi connectivity index (χ3n) is 14.7. The second-order valence-electron chi connectivity index (χ2n) is 19.9. The molecule has 5 heteroatoms. The lowest BCUT2D eigenvalue weighted by Crippen LogP contribution is -2.46. The normalized spacial score (nSPS) is 25.7. The number of nitrogens with one attached hydrogen (secondary N) is 3. The smallest absolute Gasteiger partial charge is 0.0709 e. The summed E-state index contributed by atoms with van der Waals surface area (Å²) in [6, 6.07) is 21.1. The van der Waals surface area contributed by atoms with Gasteiger partial charge in [0.2, 0.25) is 0 Å². The number of hydrazine groups is 1. The first-order valence-electron chi connectivity index (χ1n) is 27.0. The first-order valence-corrected chi connectivity index (χ1v) is 28.0. The van der Waals surface area contributed by atoms with Gasteiger partial charge in [-0.25, -0.2) is 0 Å². The number of thioether (sulfide) groups is 1. The van der Waals surface area contributed by atoms with E-state index in [4.69, 9.17) is 5.84 Å². The third kappa shape index (κ3) is 18.7. The Morgan fingerprint density at radius 1 is 0.912 bits per heavy atom. The number of fused-ring (bicyclic) bond motifs is 1. The van der Waals surface area contributed by atoms with Crippen LogP contribution in [0.3, 0.4) is 0 Å². The number of hydrogen-bond donors (Lipinski definition) is 4. The number of nitrogens with two attached hydrogens (primary N) is 1. The zero-order valence-electron chi connectivity index (χ0n) is 43.2. The van der Waals surface area contributed by atoms with Gasteiger partial charge in [0.1, 0.15) is 0 Å². The van der Waals surface area contributed by atoms with Crippen molar-refractivity contribution in [1.29, 1.82) is 0 Å². The third-order valence-corrected chi connectivity index (χ3v) is 16.2. The van der Waals surface area contributed by atoms with Gasteiger partial charge in [0, 0.05) is 29.1 Å². The van der Waals surface area contributed by atoms with Crippen molar-refractivity contribution in [3.8, 4) is 0 Å². The van der Waals surface area contributed by atoms with Crippen molar-refractivity contribution in [3.63, 3.8) is 0 Å². The van der Waals surface area contributed by atoms with Gasteiger partial charge in [0.15, 0.2) is 0 Å². The van der Waals surface area contributed by atoms with Crippen LogP contribution in [0.2, 0.25) is 0 Å². The summed E-state index contributed by atoms with van der Waals surface area (Å²) in [6.07, 6.45) is 55.0. The van der Waals surface area contributed by atoms with Gasteiger partial charge in [-0.1, -0.05) is 197 Å². The molecular formula is C63H91N4S. The number of aryl methyl sites for hydroxylation is 1. The van der Waals surface area contributed by atoms with Crippen LogP contribution in [-0.4, -0.2) is 29.1 Å². The largest absolute Gasteiger partial charge is 0.385 e. The van der Waals surface area contributed by atoms with Crippen molar-refractivity contribution in [2.24, 2.45) is 35.4 Å². The molecule has 1 fully saturated rings. The van der Waals surface area contributed by atoms with Gasteiger partial charge in [0.25, 0.3) is 0 Å². The van der Waals surface area contributed by atoms with Gasteiger partial charge in [-0.2, -0.15) is 11.8 Å². The summed E-state index contributed by atoms with van der Waals surface area (Å²) in [5.74, 6) is 12.1. The highest BCUT2D eigenvalue weighted by Gasteiger charge is 2.34. The van der Waals surface area contributed by atoms with Crippen LogP contribution >= 0.6 is 11.8 Å². The summed E-state index contributed by atoms with van der Waals surface area (Å²) in [6.45, 7) is 14.0. The lowest BCUT2D eigenvalue weighted by molar-refractivity contribution is 0.236. The van der Waals surface area contributed by atoms with Gasteiger partial charge in [-0.3, -0.25) is 11.3 Å². The molecule has 0 bridgehead atoms. The Hall–Kier alpha value is -4.03. The topological polar surface area (TPSA) is 62.1 Å². The van der Waals surface area contributed by atoms with E-state index >= 15 is 0 Å². The molecular weight excluding hydrogens is 845 g/mol. The van der Waals surface area contributed by atoms with Crippen LogP contribution in [0.25, 0.3) is 0 Å². The monoisotopic (exact) mass is 936 g/mol. The van der Waals surface area contributed by atoms with E-state index in [9.17, 15) is 0 Å². The Labute approximate surface area is 420 Å². The van der Waals surface area contributed by atoms with Crippen molar-refractivity contribution in [3.05, 3.63) is 186 Å². The van der Waals surface area contributed by atoms with Gasteiger partial charge in [-0.05, 0) is 156 Å². The van der Waals surface area contributed by atoms with Crippen molar-refractivity contribution in [1.82, 2.24) is 16.1 Å². The molecule has 0 aromatic heterocycles. The fraction of sp³-hybridized carbons (Fsp3) is 0.508. The lowest BCUT2D eigenvalue weighted by Gasteiger charge is -2.39. The fourth-order valence-corrected chi connectivity index (χ4v) is 12.2. The van der Waals surface area contributed by atoms with E-state index in [0.717, 1.165) is 55.2 Å². The molecule has 1 saturated carbocycles. The second kappa shape index (κ2) is 31.2. The Bertz CT molecular complexity index is 1990. The maximum Gasteiger partial charge on any atom is 0.0709 e. The highest BCUT2D eigenvalue weighted by Crippen LogP contribution is 2.43. The molecule has 2 aromatic rings. The average molecular weight is 937 g/mol. The van der Waals surface area contributed by atoms with E-state index < -0.39 is 0 Å². The van der Waals surface area contributed by atoms with Gasteiger partial charge >= 0.3 is 0 Å². The first-order chi connectivity index (χ1) is 33.3. The molecule has 5 N–H and O–H groups in total. The molecule has 68 heavy (non-hydrogen) atoms. The molecule has 3 unspecified atom stereocenters. The molecule has 1 radical (unpaired) electrons.